The fourth-order valence-electron chi connectivity index (χ4n) is 3.59. The quantitative estimate of drug-likeness (QED) is 0.583. The van der Waals surface area contributed by atoms with Crippen molar-refractivity contribution in [2.24, 2.45) is 7.05 Å². The number of thiazole rings is 1. The molecule has 31 heavy (non-hydrogen) atoms. The highest BCUT2D eigenvalue weighted by Gasteiger charge is 2.25. The van der Waals surface area contributed by atoms with Crippen LogP contribution >= 0.6 is 22.9 Å². The van der Waals surface area contributed by atoms with Gasteiger partial charge in [0.15, 0.2) is 0 Å². The molecule has 0 bridgehead atoms. The normalized spacial score (nSPS) is 14.6. The van der Waals surface area contributed by atoms with Crippen molar-refractivity contribution in [3.05, 3.63) is 52.1 Å². The molecule has 2 aromatic heterocycles. The summed E-state index contributed by atoms with van der Waals surface area (Å²) in [4.78, 5) is 20.1. The summed E-state index contributed by atoms with van der Waals surface area (Å²) in [7, 11) is -2.08. The minimum absolute atomic E-state index is 0.00314. The Kier molecular flexibility index (Phi) is 6.09. The summed E-state index contributed by atoms with van der Waals surface area (Å²) in [6.45, 7) is 3.36. The van der Waals surface area contributed by atoms with Gasteiger partial charge in [-0.15, -0.1) is 11.3 Å². The van der Waals surface area contributed by atoms with Crippen molar-refractivity contribution in [1.29, 1.82) is 0 Å². The predicted molar refractivity (Wildman–Crippen MR) is 123 cm³/mol. The third-order valence-corrected chi connectivity index (χ3v) is 8.09. The molecule has 3 aromatic rings. The van der Waals surface area contributed by atoms with Crippen LogP contribution in [0.3, 0.4) is 0 Å². The van der Waals surface area contributed by atoms with Crippen molar-refractivity contribution in [2.75, 3.05) is 17.8 Å². The van der Waals surface area contributed by atoms with E-state index in [4.69, 9.17) is 11.6 Å². The number of sulfonamides is 1. The van der Waals surface area contributed by atoms with E-state index >= 15 is 0 Å². The molecular formula is C21H23ClN4O3S2. The van der Waals surface area contributed by atoms with E-state index in [1.165, 1.54) is 17.5 Å². The molecule has 0 spiro atoms. The van der Waals surface area contributed by atoms with Crippen molar-refractivity contribution in [2.45, 2.75) is 31.1 Å². The number of amides is 1. The van der Waals surface area contributed by atoms with Gasteiger partial charge < -0.3 is 9.47 Å². The standard InChI is InChI=1S/C21H23ClN4O3S2/c1-14-19(21(27)26-10-6-3-7-11-26)30-20(23-14)18-12-15(13-25(18)2)31(28,29)24-17-9-5-4-8-16(17)22/h4-5,8-9,12-13,24H,3,6-7,10-11H2,1-2H3. The maximum absolute atomic E-state index is 12.9. The van der Waals surface area contributed by atoms with Crippen molar-refractivity contribution in [1.82, 2.24) is 14.5 Å². The third-order valence-electron chi connectivity index (χ3n) is 5.26. The number of aryl methyl sites for hydroxylation is 2. The average Bonchev–Trinajstić information content (AvgIpc) is 3.33. The lowest BCUT2D eigenvalue weighted by Gasteiger charge is -2.26. The van der Waals surface area contributed by atoms with Gasteiger partial charge in [0.05, 0.1) is 22.1 Å². The number of aromatic nitrogens is 2. The number of halogens is 1. The Morgan fingerprint density at radius 1 is 1.19 bits per heavy atom. The number of hydrogen-bond acceptors (Lipinski definition) is 5. The molecule has 0 aliphatic carbocycles. The van der Waals surface area contributed by atoms with Crippen LogP contribution in [0.1, 0.15) is 34.6 Å². The van der Waals surface area contributed by atoms with Crippen LogP contribution in [0.4, 0.5) is 5.69 Å². The zero-order chi connectivity index (χ0) is 22.2. The largest absolute Gasteiger partial charge is 0.347 e. The lowest BCUT2D eigenvalue weighted by molar-refractivity contribution is 0.0728. The lowest BCUT2D eigenvalue weighted by Crippen LogP contribution is -2.35. The van der Waals surface area contributed by atoms with Gasteiger partial charge in [-0.3, -0.25) is 9.52 Å². The number of anilines is 1. The summed E-state index contributed by atoms with van der Waals surface area (Å²) in [6, 6.07) is 8.22. The van der Waals surface area contributed by atoms with Crippen LogP contribution in [0.5, 0.6) is 0 Å². The van der Waals surface area contributed by atoms with Gasteiger partial charge >= 0.3 is 0 Å². The summed E-state index contributed by atoms with van der Waals surface area (Å²) in [5.74, 6) is 0.00314. The second kappa shape index (κ2) is 8.64. The van der Waals surface area contributed by atoms with Crippen molar-refractivity contribution in [3.8, 4) is 10.7 Å². The van der Waals surface area contributed by atoms with E-state index < -0.39 is 10.0 Å². The Balaban J connectivity index is 1.62. The van der Waals surface area contributed by atoms with E-state index in [2.05, 4.69) is 9.71 Å². The summed E-state index contributed by atoms with van der Waals surface area (Å²) >= 11 is 7.39. The molecule has 7 nitrogen and oxygen atoms in total. The molecular weight excluding hydrogens is 456 g/mol. The lowest BCUT2D eigenvalue weighted by atomic mass is 10.1. The SMILES string of the molecule is Cc1nc(-c2cc(S(=O)(=O)Nc3ccccc3Cl)cn2C)sc1C(=O)N1CCCCC1. The number of benzene rings is 1. The number of carbonyl (C=O) groups excluding carboxylic acids is 1. The molecule has 10 heteroatoms. The molecule has 1 aromatic carbocycles. The molecule has 1 aliphatic heterocycles. The van der Waals surface area contributed by atoms with Crippen molar-refractivity contribution >= 4 is 44.6 Å². The van der Waals surface area contributed by atoms with Gasteiger partial charge in [-0.05, 0) is 44.4 Å². The highest BCUT2D eigenvalue weighted by molar-refractivity contribution is 7.92. The smallest absolute Gasteiger partial charge is 0.265 e. The Labute approximate surface area is 190 Å². The number of piperidine rings is 1. The Morgan fingerprint density at radius 3 is 2.61 bits per heavy atom. The molecule has 4 rings (SSSR count). The molecule has 1 aliphatic rings. The third kappa shape index (κ3) is 4.49. The molecule has 1 fully saturated rings. The van der Waals surface area contributed by atoms with Crippen LogP contribution in [0.2, 0.25) is 5.02 Å². The maximum Gasteiger partial charge on any atom is 0.265 e. The summed E-state index contributed by atoms with van der Waals surface area (Å²) in [5, 5.41) is 0.929. The number of carbonyl (C=O) groups is 1. The minimum atomic E-state index is -3.84. The van der Waals surface area contributed by atoms with Gasteiger partial charge in [0, 0.05) is 26.3 Å². The van der Waals surface area contributed by atoms with Gasteiger partial charge in [0.2, 0.25) is 0 Å². The predicted octanol–water partition coefficient (Wildman–Crippen LogP) is 4.54. The molecule has 0 atom stereocenters. The van der Waals surface area contributed by atoms with Crippen molar-refractivity contribution in [3.63, 3.8) is 0 Å². The number of nitrogens with zero attached hydrogens (tertiary/aromatic N) is 3. The minimum Gasteiger partial charge on any atom is -0.347 e. The first-order valence-electron chi connectivity index (χ1n) is 9.97. The monoisotopic (exact) mass is 478 g/mol. The zero-order valence-corrected chi connectivity index (χ0v) is 19.6. The van der Waals surface area contributed by atoms with Crippen LogP contribution < -0.4 is 4.72 Å². The first-order chi connectivity index (χ1) is 14.8. The summed E-state index contributed by atoms with van der Waals surface area (Å²) in [6.07, 6.45) is 4.72. The van der Waals surface area contributed by atoms with Crippen LogP contribution in [0, 0.1) is 6.92 Å². The van der Waals surface area contributed by atoms with E-state index in [9.17, 15) is 13.2 Å². The highest BCUT2D eigenvalue weighted by atomic mass is 35.5. The molecule has 164 valence electrons. The molecule has 1 N–H and O–H groups in total. The van der Waals surface area contributed by atoms with Crippen LogP contribution in [0.15, 0.2) is 41.4 Å². The maximum atomic E-state index is 12.9. The molecule has 3 heterocycles. The molecule has 1 amide bonds. The van der Waals surface area contributed by atoms with Gasteiger partial charge in [-0.1, -0.05) is 23.7 Å². The van der Waals surface area contributed by atoms with Crippen molar-refractivity contribution < 1.29 is 13.2 Å². The molecule has 0 saturated carbocycles. The van der Waals surface area contributed by atoms with Crippen LogP contribution in [-0.4, -0.2) is 41.9 Å². The molecule has 0 radical (unpaired) electrons. The van der Waals surface area contributed by atoms with E-state index in [1.54, 1.807) is 41.9 Å². The number of para-hydroxylation sites is 1. The molecule has 1 saturated heterocycles. The number of rotatable bonds is 5. The number of nitrogens with one attached hydrogen (secondary N) is 1. The zero-order valence-electron chi connectivity index (χ0n) is 17.3. The number of likely N-dealkylation sites (tertiary alicyclic amines) is 1. The average molecular weight is 479 g/mol. The first-order valence-corrected chi connectivity index (χ1v) is 12.6. The van der Waals surface area contributed by atoms with E-state index in [0.717, 1.165) is 32.4 Å². The topological polar surface area (TPSA) is 84.3 Å². The van der Waals surface area contributed by atoms with E-state index in [0.29, 0.717) is 32.0 Å². The van der Waals surface area contributed by atoms with Gasteiger partial charge in [-0.25, -0.2) is 13.4 Å². The fraction of sp³-hybridized carbons (Fsp3) is 0.333. The van der Waals surface area contributed by atoms with E-state index in [1.807, 2.05) is 11.8 Å². The van der Waals surface area contributed by atoms with Crippen LogP contribution in [0.25, 0.3) is 10.7 Å². The van der Waals surface area contributed by atoms with Gasteiger partial charge in [0.1, 0.15) is 14.8 Å². The number of hydrogen-bond donors (Lipinski definition) is 1. The summed E-state index contributed by atoms with van der Waals surface area (Å²) in [5.41, 5.74) is 1.61. The summed E-state index contributed by atoms with van der Waals surface area (Å²) < 4.78 is 30.0. The Bertz CT molecular complexity index is 1230. The Morgan fingerprint density at radius 2 is 1.90 bits per heavy atom. The van der Waals surface area contributed by atoms with E-state index in [-0.39, 0.29) is 10.8 Å². The molecule has 0 unspecified atom stereocenters. The fourth-order valence-corrected chi connectivity index (χ4v) is 6.07. The van der Waals surface area contributed by atoms with Gasteiger partial charge in [-0.2, -0.15) is 0 Å². The second-order valence-electron chi connectivity index (χ2n) is 7.54. The van der Waals surface area contributed by atoms with Gasteiger partial charge in [0.25, 0.3) is 15.9 Å². The first kappa shape index (κ1) is 21.9. The second-order valence-corrected chi connectivity index (χ2v) is 10.6. The highest BCUT2D eigenvalue weighted by Crippen LogP contribution is 2.32. The van der Waals surface area contributed by atoms with Crippen LogP contribution in [-0.2, 0) is 17.1 Å². The Hall–Kier alpha value is -2.36.